The van der Waals surface area contributed by atoms with Crippen LogP contribution in [0.1, 0.15) is 51.4 Å². The number of ether oxygens (including phenoxy) is 1. The summed E-state index contributed by atoms with van der Waals surface area (Å²) in [6.07, 6.45) is 8.94. The second kappa shape index (κ2) is 11.1. The quantitative estimate of drug-likeness (QED) is 0.638. The Morgan fingerprint density at radius 2 is 1.62 bits per heavy atom. The van der Waals surface area contributed by atoms with Crippen LogP contribution in [-0.2, 0) is 9.59 Å². The van der Waals surface area contributed by atoms with E-state index < -0.39 is 0 Å². The van der Waals surface area contributed by atoms with Crippen molar-refractivity contribution in [1.82, 2.24) is 9.80 Å². The SMILES string of the molecule is O=C(CCC1CCCCC1)N1CCCN(C(=O)COc2ccc(Cl)cc2Cl)CC1. The molecule has 0 radical (unpaired) electrons. The molecule has 1 aliphatic heterocycles. The number of hydrogen-bond acceptors (Lipinski definition) is 3. The second-order valence-corrected chi connectivity index (χ2v) is 8.86. The summed E-state index contributed by atoms with van der Waals surface area (Å²) >= 11 is 12.0. The lowest BCUT2D eigenvalue weighted by molar-refractivity contribution is -0.135. The van der Waals surface area contributed by atoms with Crippen molar-refractivity contribution in [2.24, 2.45) is 5.92 Å². The zero-order chi connectivity index (χ0) is 20.6. The van der Waals surface area contributed by atoms with Gasteiger partial charge >= 0.3 is 0 Å². The van der Waals surface area contributed by atoms with Crippen LogP contribution in [0, 0.1) is 5.92 Å². The summed E-state index contributed by atoms with van der Waals surface area (Å²) in [7, 11) is 0. The Kier molecular flexibility index (Phi) is 8.49. The van der Waals surface area contributed by atoms with E-state index in [0.717, 1.165) is 25.3 Å². The normalized spacial score (nSPS) is 18.4. The summed E-state index contributed by atoms with van der Waals surface area (Å²) in [6, 6.07) is 4.93. The first-order chi connectivity index (χ1) is 14.0. The molecule has 1 heterocycles. The monoisotopic (exact) mass is 440 g/mol. The van der Waals surface area contributed by atoms with Crippen LogP contribution in [0.2, 0.25) is 10.0 Å². The summed E-state index contributed by atoms with van der Waals surface area (Å²) in [5.41, 5.74) is 0. The molecule has 160 valence electrons. The van der Waals surface area contributed by atoms with Crippen molar-refractivity contribution in [1.29, 1.82) is 0 Å². The molecule has 1 aliphatic carbocycles. The van der Waals surface area contributed by atoms with E-state index >= 15 is 0 Å². The highest BCUT2D eigenvalue weighted by Gasteiger charge is 2.23. The Hall–Kier alpha value is -1.46. The van der Waals surface area contributed by atoms with E-state index in [2.05, 4.69) is 0 Å². The molecule has 7 heteroatoms. The molecule has 1 aromatic carbocycles. The molecule has 5 nitrogen and oxygen atoms in total. The Morgan fingerprint density at radius 1 is 0.931 bits per heavy atom. The molecule has 0 atom stereocenters. The highest BCUT2D eigenvalue weighted by Crippen LogP contribution is 2.28. The summed E-state index contributed by atoms with van der Waals surface area (Å²) in [5.74, 6) is 1.30. The van der Waals surface area contributed by atoms with Crippen molar-refractivity contribution in [3.05, 3.63) is 28.2 Å². The van der Waals surface area contributed by atoms with Gasteiger partial charge in [-0.2, -0.15) is 0 Å². The average molecular weight is 441 g/mol. The summed E-state index contributed by atoms with van der Waals surface area (Å²) in [5, 5.41) is 0.908. The van der Waals surface area contributed by atoms with E-state index in [0.29, 0.717) is 41.8 Å². The van der Waals surface area contributed by atoms with Gasteiger partial charge in [-0.1, -0.05) is 55.3 Å². The molecule has 0 bridgehead atoms. The zero-order valence-electron chi connectivity index (χ0n) is 16.9. The Bertz CT molecular complexity index is 707. The molecule has 0 unspecified atom stereocenters. The van der Waals surface area contributed by atoms with Gasteiger partial charge in [-0.25, -0.2) is 0 Å². The maximum absolute atomic E-state index is 12.6. The third-order valence-electron chi connectivity index (χ3n) is 5.94. The Morgan fingerprint density at radius 3 is 2.31 bits per heavy atom. The maximum atomic E-state index is 12.6. The van der Waals surface area contributed by atoms with E-state index in [9.17, 15) is 9.59 Å². The van der Waals surface area contributed by atoms with Crippen LogP contribution in [0.5, 0.6) is 5.75 Å². The van der Waals surface area contributed by atoms with Gasteiger partial charge < -0.3 is 14.5 Å². The zero-order valence-corrected chi connectivity index (χ0v) is 18.4. The molecule has 0 aromatic heterocycles. The van der Waals surface area contributed by atoms with Crippen molar-refractivity contribution < 1.29 is 14.3 Å². The smallest absolute Gasteiger partial charge is 0.260 e. The van der Waals surface area contributed by atoms with Crippen molar-refractivity contribution in [2.45, 2.75) is 51.4 Å². The number of carbonyl (C=O) groups excluding carboxylic acids is 2. The van der Waals surface area contributed by atoms with Crippen molar-refractivity contribution in [3.63, 3.8) is 0 Å². The summed E-state index contributed by atoms with van der Waals surface area (Å²) < 4.78 is 5.57. The minimum atomic E-state index is -0.0903. The highest BCUT2D eigenvalue weighted by atomic mass is 35.5. The molecule has 1 saturated heterocycles. The lowest BCUT2D eigenvalue weighted by Crippen LogP contribution is -2.39. The molecule has 2 fully saturated rings. The number of benzene rings is 1. The molecule has 29 heavy (non-hydrogen) atoms. The van der Waals surface area contributed by atoms with Gasteiger partial charge in [0.25, 0.3) is 5.91 Å². The van der Waals surface area contributed by atoms with Crippen LogP contribution in [0.15, 0.2) is 18.2 Å². The number of nitrogens with zero attached hydrogens (tertiary/aromatic N) is 2. The number of amides is 2. The van der Waals surface area contributed by atoms with Crippen molar-refractivity contribution in [3.8, 4) is 5.75 Å². The third kappa shape index (κ3) is 6.78. The van der Waals surface area contributed by atoms with Crippen molar-refractivity contribution >= 4 is 35.0 Å². The van der Waals surface area contributed by atoms with Gasteiger partial charge in [0.15, 0.2) is 6.61 Å². The van der Waals surface area contributed by atoms with Crippen LogP contribution >= 0.6 is 23.2 Å². The fraction of sp³-hybridized carbons (Fsp3) is 0.636. The highest BCUT2D eigenvalue weighted by molar-refractivity contribution is 6.35. The number of halogens is 2. The molecule has 2 amide bonds. The molecule has 3 rings (SSSR count). The lowest BCUT2D eigenvalue weighted by Gasteiger charge is -2.24. The van der Waals surface area contributed by atoms with E-state index in [1.807, 2.05) is 4.90 Å². The van der Waals surface area contributed by atoms with Crippen molar-refractivity contribution in [2.75, 3.05) is 32.8 Å². The minimum Gasteiger partial charge on any atom is -0.482 e. The predicted octanol–water partition coefficient (Wildman–Crippen LogP) is 4.79. The van der Waals surface area contributed by atoms with Crippen LogP contribution in [0.25, 0.3) is 0 Å². The second-order valence-electron chi connectivity index (χ2n) is 8.02. The lowest BCUT2D eigenvalue weighted by atomic mass is 9.86. The molecular formula is C22H30Cl2N2O3. The van der Waals surface area contributed by atoms with Crippen LogP contribution in [0.4, 0.5) is 0 Å². The van der Waals surface area contributed by atoms with E-state index in [-0.39, 0.29) is 18.4 Å². The van der Waals surface area contributed by atoms with Gasteiger partial charge in [-0.15, -0.1) is 0 Å². The largest absolute Gasteiger partial charge is 0.482 e. The van der Waals surface area contributed by atoms with Gasteiger partial charge in [-0.3, -0.25) is 9.59 Å². The number of carbonyl (C=O) groups is 2. The van der Waals surface area contributed by atoms with Gasteiger partial charge in [0.1, 0.15) is 5.75 Å². The van der Waals surface area contributed by atoms with Gasteiger partial charge in [0.2, 0.25) is 5.91 Å². The molecule has 2 aliphatic rings. The van der Waals surface area contributed by atoms with E-state index in [1.54, 1.807) is 23.1 Å². The standard InChI is InChI=1S/C22H30Cl2N2O3/c23-18-8-9-20(19(24)15-18)29-16-22(28)26-12-4-11-25(13-14-26)21(27)10-7-17-5-2-1-3-6-17/h8-9,15,17H,1-7,10-14,16H2. The minimum absolute atomic E-state index is 0.0724. The Balaban J connectivity index is 1.42. The molecule has 0 spiro atoms. The molecule has 1 aromatic rings. The topological polar surface area (TPSA) is 49.9 Å². The summed E-state index contributed by atoms with van der Waals surface area (Å²) in [6.45, 7) is 2.43. The first kappa shape index (κ1) is 22.2. The van der Waals surface area contributed by atoms with E-state index in [4.69, 9.17) is 27.9 Å². The molecule has 0 N–H and O–H groups in total. The molecular weight excluding hydrogens is 411 g/mol. The first-order valence-corrected chi connectivity index (χ1v) is 11.4. The summed E-state index contributed by atoms with van der Waals surface area (Å²) in [4.78, 5) is 28.9. The number of hydrogen-bond donors (Lipinski definition) is 0. The van der Waals surface area contributed by atoms with Crippen LogP contribution < -0.4 is 4.74 Å². The average Bonchev–Trinajstić information content (AvgIpc) is 2.98. The van der Waals surface area contributed by atoms with Gasteiger partial charge in [0.05, 0.1) is 5.02 Å². The van der Waals surface area contributed by atoms with Crippen LogP contribution in [0.3, 0.4) is 0 Å². The third-order valence-corrected chi connectivity index (χ3v) is 6.47. The van der Waals surface area contributed by atoms with Crippen LogP contribution in [-0.4, -0.2) is 54.4 Å². The fourth-order valence-electron chi connectivity index (χ4n) is 4.20. The predicted molar refractivity (Wildman–Crippen MR) is 116 cm³/mol. The van der Waals surface area contributed by atoms with Gasteiger partial charge in [-0.05, 0) is 37.0 Å². The first-order valence-electron chi connectivity index (χ1n) is 10.7. The fourth-order valence-corrected chi connectivity index (χ4v) is 4.66. The van der Waals surface area contributed by atoms with Gasteiger partial charge in [0, 0.05) is 37.6 Å². The maximum Gasteiger partial charge on any atom is 0.260 e. The number of rotatable bonds is 6. The molecule has 1 saturated carbocycles. The van der Waals surface area contributed by atoms with E-state index in [1.165, 1.54) is 32.1 Å². The Labute approximate surface area is 183 Å².